The van der Waals surface area contributed by atoms with Crippen molar-refractivity contribution in [1.82, 2.24) is 14.7 Å². The Labute approximate surface area is 265 Å². The molecule has 3 amide bonds. The highest BCUT2D eigenvalue weighted by Gasteiger charge is 2.75. The first-order valence-electron chi connectivity index (χ1n) is 16.5. The van der Waals surface area contributed by atoms with Gasteiger partial charge in [-0.3, -0.25) is 14.4 Å². The molecule has 5 aliphatic rings. The number of rotatable bonds is 7. The van der Waals surface area contributed by atoms with Gasteiger partial charge in [-0.25, -0.2) is 0 Å². The third-order valence-corrected chi connectivity index (χ3v) is 10.8. The van der Waals surface area contributed by atoms with Crippen molar-refractivity contribution in [2.24, 2.45) is 11.8 Å². The molecular formula is C37H43N3O5. The summed E-state index contributed by atoms with van der Waals surface area (Å²) in [7, 11) is 0. The molecule has 1 saturated carbocycles. The van der Waals surface area contributed by atoms with E-state index in [0.717, 1.165) is 43.2 Å². The average molecular weight is 610 g/mol. The highest BCUT2D eigenvalue weighted by Crippen LogP contribution is 2.58. The standard InChI is InChI=1S/C37H43N3O5/c1-36-19-11-21-38(24-27-15-7-3-8-16-27)33(42)30(36)31-34(43)40(29(25-41)23-26-13-5-2-6-14-26)32-35(44)39(28-17-9-4-10-18-28)22-12-20-37(31,32)45-36/h2-3,5-8,11-16,19-20,28-32,41H,4,9-10,17-18,21-25H2,1H3/t29-,30-,31+,32?,36+,37+/m1/s1. The van der Waals surface area contributed by atoms with E-state index in [1.165, 1.54) is 0 Å². The molecule has 2 aromatic carbocycles. The first-order valence-corrected chi connectivity index (χ1v) is 16.5. The molecule has 7 rings (SSSR count). The van der Waals surface area contributed by atoms with Crippen molar-refractivity contribution in [3.05, 3.63) is 96.1 Å². The molecule has 6 atom stereocenters. The summed E-state index contributed by atoms with van der Waals surface area (Å²) < 4.78 is 7.04. The molecule has 1 unspecified atom stereocenters. The van der Waals surface area contributed by atoms with Crippen LogP contribution in [0.25, 0.3) is 0 Å². The fourth-order valence-electron chi connectivity index (χ4n) is 8.73. The zero-order valence-electron chi connectivity index (χ0n) is 26.0. The first-order chi connectivity index (χ1) is 21.9. The maximum absolute atomic E-state index is 14.9. The van der Waals surface area contributed by atoms with Gasteiger partial charge in [0.05, 0.1) is 30.1 Å². The number of benzene rings is 2. The van der Waals surface area contributed by atoms with E-state index >= 15 is 0 Å². The van der Waals surface area contributed by atoms with Gasteiger partial charge >= 0.3 is 0 Å². The number of aliphatic hydroxyl groups excluding tert-OH is 1. The Kier molecular flexibility index (Phi) is 7.90. The van der Waals surface area contributed by atoms with E-state index in [0.29, 0.717) is 26.1 Å². The number of hydrogen-bond donors (Lipinski definition) is 1. The Hall–Kier alpha value is -3.75. The van der Waals surface area contributed by atoms with E-state index in [-0.39, 0.29) is 30.4 Å². The molecule has 8 nitrogen and oxygen atoms in total. The van der Waals surface area contributed by atoms with E-state index in [1.807, 2.05) is 96.8 Å². The molecule has 1 spiro atoms. The van der Waals surface area contributed by atoms with Crippen LogP contribution in [0.2, 0.25) is 0 Å². The number of hydrogen-bond acceptors (Lipinski definition) is 5. The maximum atomic E-state index is 14.9. The van der Waals surface area contributed by atoms with Gasteiger partial charge in [-0.05, 0) is 37.3 Å². The fourth-order valence-corrected chi connectivity index (χ4v) is 8.73. The number of nitrogens with zero attached hydrogens (tertiary/aromatic N) is 3. The van der Waals surface area contributed by atoms with Crippen LogP contribution in [0, 0.1) is 11.8 Å². The quantitative estimate of drug-likeness (QED) is 0.482. The molecule has 4 heterocycles. The van der Waals surface area contributed by atoms with E-state index in [1.54, 1.807) is 9.80 Å². The summed E-state index contributed by atoms with van der Waals surface area (Å²) in [4.78, 5) is 49.7. The number of amides is 3. The van der Waals surface area contributed by atoms with Crippen LogP contribution in [0.5, 0.6) is 0 Å². The van der Waals surface area contributed by atoms with E-state index in [2.05, 4.69) is 0 Å². The molecule has 1 N–H and O–H groups in total. The van der Waals surface area contributed by atoms with Crippen LogP contribution in [0.1, 0.15) is 50.2 Å². The van der Waals surface area contributed by atoms with Crippen molar-refractivity contribution in [1.29, 1.82) is 0 Å². The molecule has 0 bridgehead atoms. The summed E-state index contributed by atoms with van der Waals surface area (Å²) >= 11 is 0. The van der Waals surface area contributed by atoms with Gasteiger partial charge in [0.2, 0.25) is 17.7 Å². The van der Waals surface area contributed by atoms with Gasteiger partial charge in [0, 0.05) is 25.7 Å². The van der Waals surface area contributed by atoms with Crippen LogP contribution in [0.15, 0.2) is 85.0 Å². The lowest BCUT2D eigenvalue weighted by molar-refractivity contribution is -0.157. The van der Waals surface area contributed by atoms with Crippen LogP contribution in [-0.2, 0) is 32.1 Å². The lowest BCUT2D eigenvalue weighted by Gasteiger charge is -2.42. The van der Waals surface area contributed by atoms with Gasteiger partial charge in [0.1, 0.15) is 11.6 Å². The molecule has 2 saturated heterocycles. The minimum atomic E-state index is -1.34. The van der Waals surface area contributed by atoms with Crippen molar-refractivity contribution in [3.8, 4) is 0 Å². The summed E-state index contributed by atoms with van der Waals surface area (Å²) in [5.74, 6) is -2.32. The zero-order valence-corrected chi connectivity index (χ0v) is 26.0. The lowest BCUT2D eigenvalue weighted by atomic mass is 9.74. The van der Waals surface area contributed by atoms with Crippen LogP contribution in [0.4, 0.5) is 0 Å². The minimum Gasteiger partial charge on any atom is -0.394 e. The Morgan fingerprint density at radius 1 is 0.822 bits per heavy atom. The molecule has 45 heavy (non-hydrogen) atoms. The topological polar surface area (TPSA) is 90.4 Å². The normalized spacial score (nSPS) is 32.3. The summed E-state index contributed by atoms with van der Waals surface area (Å²) in [6.07, 6.45) is 13.3. The Morgan fingerprint density at radius 2 is 1.49 bits per heavy atom. The van der Waals surface area contributed by atoms with Gasteiger partial charge in [-0.15, -0.1) is 0 Å². The average Bonchev–Trinajstić information content (AvgIpc) is 3.34. The second kappa shape index (κ2) is 11.9. The van der Waals surface area contributed by atoms with Crippen molar-refractivity contribution in [2.45, 2.75) is 81.3 Å². The molecule has 8 heteroatoms. The largest absolute Gasteiger partial charge is 0.394 e. The molecular weight excluding hydrogens is 566 g/mol. The fraction of sp³-hybridized carbons (Fsp3) is 0.486. The van der Waals surface area contributed by atoms with Crippen LogP contribution in [-0.4, -0.2) is 86.6 Å². The van der Waals surface area contributed by atoms with E-state index < -0.39 is 35.1 Å². The molecule has 2 aromatic rings. The van der Waals surface area contributed by atoms with Crippen LogP contribution >= 0.6 is 0 Å². The Morgan fingerprint density at radius 3 is 2.18 bits per heavy atom. The van der Waals surface area contributed by atoms with Crippen molar-refractivity contribution < 1.29 is 24.2 Å². The smallest absolute Gasteiger partial charge is 0.249 e. The maximum Gasteiger partial charge on any atom is 0.249 e. The predicted molar refractivity (Wildman–Crippen MR) is 170 cm³/mol. The Balaban J connectivity index is 1.31. The third kappa shape index (κ3) is 5.03. The third-order valence-electron chi connectivity index (χ3n) is 10.8. The molecule has 0 radical (unpaired) electrons. The Bertz CT molecular complexity index is 1490. The molecule has 3 fully saturated rings. The number of aliphatic hydroxyl groups is 1. The highest BCUT2D eigenvalue weighted by molar-refractivity contribution is 6.00. The second-order valence-electron chi connectivity index (χ2n) is 13.6. The predicted octanol–water partition coefficient (Wildman–Crippen LogP) is 3.89. The summed E-state index contributed by atoms with van der Waals surface area (Å²) in [5.41, 5.74) is -0.447. The van der Waals surface area contributed by atoms with Crippen LogP contribution in [0.3, 0.4) is 0 Å². The second-order valence-corrected chi connectivity index (χ2v) is 13.6. The molecule has 0 aromatic heterocycles. The molecule has 4 aliphatic heterocycles. The summed E-state index contributed by atoms with van der Waals surface area (Å²) in [6.45, 7) is 2.83. The minimum absolute atomic E-state index is 0.0918. The molecule has 1 aliphatic carbocycles. The van der Waals surface area contributed by atoms with Gasteiger partial charge in [0.25, 0.3) is 0 Å². The SMILES string of the molecule is C[C@]12C=CCN(Cc3ccccc3)C(=O)[C@H]1[C@H]1C(=O)N([C@@H](CO)Cc3ccccc3)C3C(=O)N(C4CCCCC4)CC=C[C@@]31O2. The van der Waals surface area contributed by atoms with E-state index in [4.69, 9.17) is 4.74 Å². The number of likely N-dealkylation sites (tertiary alicyclic amines) is 1. The van der Waals surface area contributed by atoms with Gasteiger partial charge in [-0.1, -0.05) is 104 Å². The zero-order chi connectivity index (χ0) is 31.2. The van der Waals surface area contributed by atoms with Gasteiger partial charge in [0.15, 0.2) is 0 Å². The number of carbonyl (C=O) groups is 3. The van der Waals surface area contributed by atoms with Gasteiger partial charge < -0.3 is 24.5 Å². The van der Waals surface area contributed by atoms with Gasteiger partial charge in [-0.2, -0.15) is 0 Å². The summed E-state index contributed by atoms with van der Waals surface area (Å²) in [6, 6.07) is 18.0. The summed E-state index contributed by atoms with van der Waals surface area (Å²) in [5, 5.41) is 10.8. The number of fused-ring (bicyclic) bond motifs is 2. The van der Waals surface area contributed by atoms with Crippen molar-refractivity contribution >= 4 is 17.7 Å². The van der Waals surface area contributed by atoms with Crippen LogP contribution < -0.4 is 0 Å². The first kappa shape index (κ1) is 29.9. The lowest BCUT2D eigenvalue weighted by Crippen LogP contribution is -2.60. The molecule has 236 valence electrons. The number of ether oxygens (including phenoxy) is 1. The number of carbonyl (C=O) groups excluding carboxylic acids is 3. The highest BCUT2D eigenvalue weighted by atomic mass is 16.5. The monoisotopic (exact) mass is 609 g/mol. The van der Waals surface area contributed by atoms with E-state index in [9.17, 15) is 19.5 Å². The van der Waals surface area contributed by atoms with Crippen molar-refractivity contribution in [3.63, 3.8) is 0 Å². The van der Waals surface area contributed by atoms with Crippen molar-refractivity contribution in [2.75, 3.05) is 19.7 Å².